The molecule has 0 saturated heterocycles. The van der Waals surface area contributed by atoms with Crippen LogP contribution in [0.2, 0.25) is 0 Å². The number of fused-ring (bicyclic) bond motifs is 1. The highest BCUT2D eigenvalue weighted by molar-refractivity contribution is 7.84. The predicted octanol–water partition coefficient (Wildman–Crippen LogP) is 2.82. The van der Waals surface area contributed by atoms with Crippen LogP contribution in [0.3, 0.4) is 0 Å². The molecule has 3 nitrogen and oxygen atoms in total. The maximum atomic E-state index is 11.2. The molecule has 2 rings (SSSR count). The fourth-order valence-electron chi connectivity index (χ4n) is 2.64. The van der Waals surface area contributed by atoms with Crippen molar-refractivity contribution in [1.82, 2.24) is 5.32 Å². The molecule has 3 atom stereocenters. The van der Waals surface area contributed by atoms with E-state index in [1.807, 2.05) is 0 Å². The Hall–Kier alpha value is -0.870. The van der Waals surface area contributed by atoms with E-state index in [-0.39, 0.29) is 0 Å². The van der Waals surface area contributed by atoms with E-state index in [9.17, 15) is 4.21 Å². The highest BCUT2D eigenvalue weighted by Gasteiger charge is 2.17. The fraction of sp³-hybridized carbons (Fsp3) is 0.625. The van der Waals surface area contributed by atoms with Crippen molar-refractivity contribution < 1.29 is 8.95 Å². The van der Waals surface area contributed by atoms with E-state index >= 15 is 0 Å². The van der Waals surface area contributed by atoms with Gasteiger partial charge in [-0.25, -0.2) is 0 Å². The van der Waals surface area contributed by atoms with E-state index in [1.165, 1.54) is 11.1 Å². The molecule has 1 heterocycles. The Kier molecular flexibility index (Phi) is 5.61. The molecule has 4 heteroatoms. The van der Waals surface area contributed by atoms with Gasteiger partial charge in [0, 0.05) is 41.3 Å². The molecule has 0 spiro atoms. The van der Waals surface area contributed by atoms with Gasteiger partial charge in [-0.2, -0.15) is 0 Å². The minimum atomic E-state index is -0.704. The van der Waals surface area contributed by atoms with Crippen molar-refractivity contribution in [2.24, 2.45) is 0 Å². The van der Waals surface area contributed by atoms with Crippen LogP contribution < -0.4 is 10.1 Å². The standard InChI is InChI=1S/C16H25NO2S/c1-4-15(17-12(2)8-10-20(3)18)13-5-6-16-14(11-13)7-9-19-16/h5-6,11-12,15,17H,4,7-10H2,1-3H3. The molecule has 1 aromatic rings. The molecule has 1 aromatic carbocycles. The molecule has 0 saturated carbocycles. The molecule has 0 radical (unpaired) electrons. The van der Waals surface area contributed by atoms with Gasteiger partial charge < -0.3 is 10.1 Å². The van der Waals surface area contributed by atoms with Gasteiger partial charge in [-0.3, -0.25) is 4.21 Å². The first-order valence-electron chi connectivity index (χ1n) is 7.41. The molecule has 112 valence electrons. The summed E-state index contributed by atoms with van der Waals surface area (Å²) >= 11 is 0. The summed E-state index contributed by atoms with van der Waals surface area (Å²) in [5.74, 6) is 1.81. The number of hydrogen-bond acceptors (Lipinski definition) is 3. The monoisotopic (exact) mass is 295 g/mol. The first kappa shape index (κ1) is 15.5. The first-order valence-corrected chi connectivity index (χ1v) is 9.14. The summed E-state index contributed by atoms with van der Waals surface area (Å²) in [5, 5.41) is 3.65. The summed E-state index contributed by atoms with van der Waals surface area (Å²) in [4.78, 5) is 0. The summed E-state index contributed by atoms with van der Waals surface area (Å²) in [6.45, 7) is 5.18. The molecule has 3 unspecified atom stereocenters. The number of benzene rings is 1. The van der Waals surface area contributed by atoms with E-state index in [1.54, 1.807) is 6.26 Å². The lowest BCUT2D eigenvalue weighted by Crippen LogP contribution is -2.31. The predicted molar refractivity (Wildman–Crippen MR) is 84.8 cm³/mol. The molecular formula is C16H25NO2S. The van der Waals surface area contributed by atoms with Gasteiger partial charge in [0.05, 0.1) is 6.61 Å². The lowest BCUT2D eigenvalue weighted by Gasteiger charge is -2.23. The van der Waals surface area contributed by atoms with Gasteiger partial charge in [-0.05, 0) is 37.0 Å². The molecule has 0 bridgehead atoms. The Morgan fingerprint density at radius 2 is 2.25 bits per heavy atom. The maximum Gasteiger partial charge on any atom is 0.122 e. The number of rotatable bonds is 7. The van der Waals surface area contributed by atoms with Gasteiger partial charge in [-0.1, -0.05) is 19.1 Å². The van der Waals surface area contributed by atoms with Gasteiger partial charge >= 0.3 is 0 Å². The van der Waals surface area contributed by atoms with Gasteiger partial charge in [0.2, 0.25) is 0 Å². The zero-order valence-electron chi connectivity index (χ0n) is 12.6. The van der Waals surface area contributed by atoms with E-state index in [0.29, 0.717) is 12.1 Å². The Bertz CT molecular complexity index is 476. The zero-order chi connectivity index (χ0) is 14.5. The molecule has 0 fully saturated rings. The molecule has 0 aromatic heterocycles. The van der Waals surface area contributed by atoms with Crippen molar-refractivity contribution in [3.63, 3.8) is 0 Å². The first-order chi connectivity index (χ1) is 9.60. The van der Waals surface area contributed by atoms with Crippen LogP contribution in [0.25, 0.3) is 0 Å². The van der Waals surface area contributed by atoms with Crippen LogP contribution in [0.15, 0.2) is 18.2 Å². The molecule has 20 heavy (non-hydrogen) atoms. The molecule has 1 N–H and O–H groups in total. The third-order valence-corrected chi connectivity index (χ3v) is 4.66. The van der Waals surface area contributed by atoms with Crippen molar-refractivity contribution in [1.29, 1.82) is 0 Å². The Labute approximate surface area is 124 Å². The summed E-state index contributed by atoms with van der Waals surface area (Å²) in [5.41, 5.74) is 2.66. The molecular weight excluding hydrogens is 270 g/mol. The van der Waals surface area contributed by atoms with Gasteiger partial charge in [0.25, 0.3) is 0 Å². The second-order valence-electron chi connectivity index (χ2n) is 5.56. The summed E-state index contributed by atoms with van der Waals surface area (Å²) < 4.78 is 16.7. The van der Waals surface area contributed by atoms with Gasteiger partial charge in [0.1, 0.15) is 5.75 Å². The van der Waals surface area contributed by atoms with Crippen molar-refractivity contribution >= 4 is 10.8 Å². The Morgan fingerprint density at radius 3 is 2.95 bits per heavy atom. The van der Waals surface area contributed by atoms with Crippen molar-refractivity contribution in [3.05, 3.63) is 29.3 Å². The fourth-order valence-corrected chi connectivity index (χ4v) is 3.33. The Morgan fingerprint density at radius 1 is 1.45 bits per heavy atom. The summed E-state index contributed by atoms with van der Waals surface area (Å²) in [6, 6.07) is 7.27. The molecule has 0 amide bonds. The summed E-state index contributed by atoms with van der Waals surface area (Å²) in [7, 11) is -0.704. The topological polar surface area (TPSA) is 38.3 Å². The van der Waals surface area contributed by atoms with Crippen molar-refractivity contribution in [2.75, 3.05) is 18.6 Å². The van der Waals surface area contributed by atoms with Crippen molar-refractivity contribution in [2.45, 2.75) is 45.2 Å². The highest BCUT2D eigenvalue weighted by atomic mass is 32.2. The van der Waals surface area contributed by atoms with E-state index in [4.69, 9.17) is 4.74 Å². The third-order valence-electron chi connectivity index (χ3n) is 3.85. The molecule has 1 aliphatic heterocycles. The number of ether oxygens (including phenoxy) is 1. The Balaban J connectivity index is 1.99. The third kappa shape index (κ3) is 4.06. The van der Waals surface area contributed by atoms with Crippen LogP contribution in [0, 0.1) is 0 Å². The average molecular weight is 295 g/mol. The van der Waals surface area contributed by atoms with Gasteiger partial charge in [-0.15, -0.1) is 0 Å². The lowest BCUT2D eigenvalue weighted by atomic mass is 10.00. The SMILES string of the molecule is CCC(NC(C)CCS(C)=O)c1ccc2c(c1)CCO2. The maximum absolute atomic E-state index is 11.2. The zero-order valence-corrected chi connectivity index (χ0v) is 13.5. The number of hydrogen-bond donors (Lipinski definition) is 1. The average Bonchev–Trinajstić information content (AvgIpc) is 2.89. The van der Waals surface area contributed by atoms with Crippen molar-refractivity contribution in [3.8, 4) is 5.75 Å². The summed E-state index contributed by atoms with van der Waals surface area (Å²) in [6.07, 6.45) is 4.79. The van der Waals surface area contributed by atoms with Crippen LogP contribution in [-0.2, 0) is 17.2 Å². The normalized spacial score (nSPS) is 18.1. The second kappa shape index (κ2) is 7.23. The smallest absolute Gasteiger partial charge is 0.122 e. The second-order valence-corrected chi connectivity index (χ2v) is 7.11. The lowest BCUT2D eigenvalue weighted by molar-refractivity contribution is 0.356. The van der Waals surface area contributed by atoms with Crippen LogP contribution in [-0.4, -0.2) is 28.9 Å². The highest BCUT2D eigenvalue weighted by Crippen LogP contribution is 2.29. The molecule has 1 aliphatic rings. The minimum Gasteiger partial charge on any atom is -0.493 e. The van der Waals surface area contributed by atoms with E-state index in [2.05, 4.69) is 37.4 Å². The van der Waals surface area contributed by atoms with E-state index < -0.39 is 10.8 Å². The van der Waals surface area contributed by atoms with Crippen LogP contribution in [0.4, 0.5) is 0 Å². The van der Waals surface area contributed by atoms with Crippen LogP contribution in [0.5, 0.6) is 5.75 Å². The molecule has 0 aliphatic carbocycles. The van der Waals surface area contributed by atoms with E-state index in [0.717, 1.165) is 37.4 Å². The quantitative estimate of drug-likeness (QED) is 0.840. The minimum absolute atomic E-state index is 0.362. The van der Waals surface area contributed by atoms with Crippen LogP contribution in [0.1, 0.15) is 43.9 Å². The largest absolute Gasteiger partial charge is 0.493 e. The van der Waals surface area contributed by atoms with Crippen LogP contribution >= 0.6 is 0 Å². The van der Waals surface area contributed by atoms with Gasteiger partial charge in [0.15, 0.2) is 0 Å². The number of nitrogens with one attached hydrogen (secondary N) is 1.